The molecule has 2 N–H and O–H groups in total. The maximum atomic E-state index is 6.05. The second-order valence-corrected chi connectivity index (χ2v) is 4.72. The molecule has 0 heterocycles. The van der Waals surface area contributed by atoms with Crippen LogP contribution in [0.2, 0.25) is 15.1 Å². The molecule has 0 saturated carbocycles. The summed E-state index contributed by atoms with van der Waals surface area (Å²) < 4.78 is 0. The third-order valence-corrected chi connectivity index (χ3v) is 3.17. The van der Waals surface area contributed by atoms with Gasteiger partial charge >= 0.3 is 0 Å². The van der Waals surface area contributed by atoms with Gasteiger partial charge in [-0.1, -0.05) is 40.4 Å². The maximum absolute atomic E-state index is 6.05. The summed E-state index contributed by atoms with van der Waals surface area (Å²) in [4.78, 5) is 0. The molecular weight excluding hydrogens is 288 g/mol. The van der Waals surface area contributed by atoms with Crippen LogP contribution in [-0.2, 0) is 0 Å². The van der Waals surface area contributed by atoms with Crippen molar-refractivity contribution < 1.29 is 0 Å². The van der Waals surface area contributed by atoms with E-state index in [-0.39, 0.29) is 18.4 Å². The van der Waals surface area contributed by atoms with E-state index in [4.69, 9.17) is 40.5 Å². The Hall–Kier alpha value is 0.0800. The molecular formula is C11H13Cl4N. The molecule has 0 saturated heterocycles. The molecule has 1 atom stereocenters. The lowest BCUT2D eigenvalue weighted by atomic mass is 10.0. The van der Waals surface area contributed by atoms with Crippen LogP contribution in [0.15, 0.2) is 24.3 Å². The van der Waals surface area contributed by atoms with Crippen molar-refractivity contribution in [3.05, 3.63) is 44.9 Å². The minimum absolute atomic E-state index is 0. The molecule has 16 heavy (non-hydrogen) atoms. The van der Waals surface area contributed by atoms with Gasteiger partial charge in [-0.3, -0.25) is 0 Å². The third kappa shape index (κ3) is 3.83. The van der Waals surface area contributed by atoms with Crippen molar-refractivity contribution in [2.24, 2.45) is 5.73 Å². The van der Waals surface area contributed by atoms with E-state index in [1.54, 1.807) is 12.1 Å². The van der Waals surface area contributed by atoms with Gasteiger partial charge in [-0.05, 0) is 25.5 Å². The fraction of sp³-hybridized carbons (Fsp3) is 0.273. The highest BCUT2D eigenvalue weighted by Gasteiger charge is 2.16. The van der Waals surface area contributed by atoms with Gasteiger partial charge in [0.1, 0.15) is 0 Å². The maximum Gasteiger partial charge on any atom is 0.0655 e. The van der Waals surface area contributed by atoms with Gasteiger partial charge in [-0.15, -0.1) is 19.0 Å². The standard InChI is InChI=1S/C11H12Cl3N.ClH/c1-6(2)5-9(15)10-7(12)3-4-8(13)11(10)14;/h3-4,9H,1,5,15H2,2H3;1H/t9-;/m1./s1. The highest BCUT2D eigenvalue weighted by atomic mass is 35.5. The van der Waals surface area contributed by atoms with Crippen molar-refractivity contribution in [1.29, 1.82) is 0 Å². The van der Waals surface area contributed by atoms with Gasteiger partial charge in [0, 0.05) is 16.6 Å². The Morgan fingerprint density at radius 2 is 1.81 bits per heavy atom. The summed E-state index contributed by atoms with van der Waals surface area (Å²) in [6, 6.07) is 3.09. The summed E-state index contributed by atoms with van der Waals surface area (Å²) >= 11 is 18.0. The van der Waals surface area contributed by atoms with E-state index >= 15 is 0 Å². The first kappa shape index (κ1) is 16.1. The predicted molar refractivity (Wildman–Crippen MR) is 75.1 cm³/mol. The molecule has 0 unspecified atom stereocenters. The number of benzene rings is 1. The van der Waals surface area contributed by atoms with Crippen LogP contribution in [0.3, 0.4) is 0 Å². The molecule has 0 spiro atoms. The number of hydrogen-bond acceptors (Lipinski definition) is 1. The Labute approximate surface area is 117 Å². The fourth-order valence-corrected chi connectivity index (χ4v) is 2.18. The normalized spacial score (nSPS) is 11.8. The Bertz CT molecular complexity index is 390. The van der Waals surface area contributed by atoms with Crippen molar-refractivity contribution in [3.63, 3.8) is 0 Å². The van der Waals surface area contributed by atoms with Crippen LogP contribution >= 0.6 is 47.2 Å². The zero-order chi connectivity index (χ0) is 11.6. The molecule has 0 radical (unpaired) electrons. The number of halogens is 4. The van der Waals surface area contributed by atoms with Crippen molar-refractivity contribution in [1.82, 2.24) is 0 Å². The van der Waals surface area contributed by atoms with Gasteiger partial charge in [0.15, 0.2) is 0 Å². The highest BCUT2D eigenvalue weighted by molar-refractivity contribution is 6.44. The molecule has 5 heteroatoms. The van der Waals surface area contributed by atoms with E-state index in [9.17, 15) is 0 Å². The van der Waals surface area contributed by atoms with Crippen molar-refractivity contribution in [2.75, 3.05) is 0 Å². The first-order valence-corrected chi connectivity index (χ1v) is 5.60. The Balaban J connectivity index is 0.00000225. The van der Waals surface area contributed by atoms with Crippen LogP contribution in [0.1, 0.15) is 24.9 Å². The minimum atomic E-state index is -0.263. The fourth-order valence-electron chi connectivity index (χ4n) is 1.36. The first-order chi connectivity index (χ1) is 6.93. The molecule has 1 nitrogen and oxygen atoms in total. The summed E-state index contributed by atoms with van der Waals surface area (Å²) in [5.41, 5.74) is 7.65. The van der Waals surface area contributed by atoms with Crippen LogP contribution in [0, 0.1) is 0 Å². The Morgan fingerprint density at radius 1 is 1.31 bits per heavy atom. The molecule has 0 aliphatic heterocycles. The predicted octanol–water partition coefficient (Wildman–Crippen LogP) is 5.03. The van der Waals surface area contributed by atoms with Gasteiger partial charge < -0.3 is 5.73 Å². The summed E-state index contributed by atoms with van der Waals surface area (Å²) in [5.74, 6) is 0. The zero-order valence-electron chi connectivity index (χ0n) is 8.77. The minimum Gasteiger partial charge on any atom is -0.324 e. The summed E-state index contributed by atoms with van der Waals surface area (Å²) in [6.07, 6.45) is 0.639. The third-order valence-electron chi connectivity index (χ3n) is 2.02. The summed E-state index contributed by atoms with van der Waals surface area (Å²) in [7, 11) is 0. The quantitative estimate of drug-likeness (QED) is 0.614. The average molecular weight is 301 g/mol. The monoisotopic (exact) mass is 299 g/mol. The number of nitrogens with two attached hydrogens (primary N) is 1. The largest absolute Gasteiger partial charge is 0.324 e. The van der Waals surface area contributed by atoms with Gasteiger partial charge in [-0.25, -0.2) is 0 Å². The molecule has 90 valence electrons. The Morgan fingerprint density at radius 3 is 2.31 bits per heavy atom. The zero-order valence-corrected chi connectivity index (χ0v) is 11.9. The molecule has 0 bridgehead atoms. The van der Waals surface area contributed by atoms with Gasteiger partial charge in [0.2, 0.25) is 0 Å². The van der Waals surface area contributed by atoms with E-state index in [1.807, 2.05) is 6.92 Å². The molecule has 0 aliphatic carbocycles. The van der Waals surface area contributed by atoms with E-state index in [0.29, 0.717) is 27.1 Å². The van der Waals surface area contributed by atoms with Crippen LogP contribution in [0.4, 0.5) is 0 Å². The summed E-state index contributed by atoms with van der Waals surface area (Å²) in [5, 5.41) is 1.43. The molecule has 0 amide bonds. The second kappa shape index (κ2) is 6.73. The van der Waals surface area contributed by atoms with Gasteiger partial charge in [-0.2, -0.15) is 0 Å². The molecule has 0 fully saturated rings. The van der Waals surface area contributed by atoms with Crippen LogP contribution < -0.4 is 5.73 Å². The molecule has 0 aliphatic rings. The Kier molecular flexibility index (Phi) is 6.76. The van der Waals surface area contributed by atoms with Crippen LogP contribution in [0.5, 0.6) is 0 Å². The second-order valence-electron chi connectivity index (χ2n) is 3.52. The lowest BCUT2D eigenvalue weighted by molar-refractivity contribution is 0.718. The van der Waals surface area contributed by atoms with E-state index in [2.05, 4.69) is 6.58 Å². The number of hydrogen-bond donors (Lipinski definition) is 1. The molecule has 0 aromatic heterocycles. The van der Waals surface area contributed by atoms with Gasteiger partial charge in [0.05, 0.1) is 10.0 Å². The van der Waals surface area contributed by atoms with Crippen molar-refractivity contribution in [3.8, 4) is 0 Å². The molecule has 1 rings (SSSR count). The lowest BCUT2D eigenvalue weighted by Crippen LogP contribution is -2.11. The van der Waals surface area contributed by atoms with E-state index in [0.717, 1.165) is 5.57 Å². The molecule has 1 aromatic carbocycles. The average Bonchev–Trinajstić information content (AvgIpc) is 2.11. The lowest BCUT2D eigenvalue weighted by Gasteiger charge is -2.16. The smallest absolute Gasteiger partial charge is 0.0655 e. The summed E-state index contributed by atoms with van der Waals surface area (Å²) in [6.45, 7) is 5.71. The van der Waals surface area contributed by atoms with E-state index < -0.39 is 0 Å². The topological polar surface area (TPSA) is 26.0 Å². The van der Waals surface area contributed by atoms with Crippen molar-refractivity contribution >= 4 is 47.2 Å². The van der Waals surface area contributed by atoms with Crippen molar-refractivity contribution in [2.45, 2.75) is 19.4 Å². The van der Waals surface area contributed by atoms with Gasteiger partial charge in [0.25, 0.3) is 0 Å². The van der Waals surface area contributed by atoms with E-state index in [1.165, 1.54) is 0 Å². The number of rotatable bonds is 3. The van der Waals surface area contributed by atoms with Crippen LogP contribution in [0.25, 0.3) is 0 Å². The molecule has 1 aromatic rings. The highest BCUT2D eigenvalue weighted by Crippen LogP contribution is 2.36. The SMILES string of the molecule is C=C(C)C[C@@H](N)c1c(Cl)ccc(Cl)c1Cl.Cl. The van der Waals surface area contributed by atoms with Crippen LogP contribution in [-0.4, -0.2) is 0 Å². The first-order valence-electron chi connectivity index (χ1n) is 4.46.